The van der Waals surface area contributed by atoms with E-state index in [4.69, 9.17) is 0 Å². The third-order valence-electron chi connectivity index (χ3n) is 2.65. The Hall–Kier alpha value is 0.180. The van der Waals surface area contributed by atoms with Gasteiger partial charge >= 0.3 is 0 Å². The van der Waals surface area contributed by atoms with E-state index in [2.05, 4.69) is 36.3 Å². The van der Waals surface area contributed by atoms with Crippen molar-refractivity contribution in [1.82, 2.24) is 15.5 Å². The lowest BCUT2D eigenvalue weighted by molar-refractivity contribution is 0.156. The Morgan fingerprint density at radius 2 is 2.05 bits per heavy atom. The molecular formula is C12H23N3OS3. The van der Waals surface area contributed by atoms with Gasteiger partial charge in [0.05, 0.1) is 6.61 Å². The molecule has 1 atom stereocenters. The average molecular weight is 322 g/mol. The molecule has 0 amide bonds. The van der Waals surface area contributed by atoms with Gasteiger partial charge in [0.25, 0.3) is 0 Å². The minimum Gasteiger partial charge on any atom is -0.394 e. The Labute approximate surface area is 128 Å². The lowest BCUT2D eigenvalue weighted by atomic mass is 9.96. The zero-order chi connectivity index (χ0) is 14.3. The first-order chi connectivity index (χ1) is 8.99. The molecule has 0 aliphatic carbocycles. The molecule has 2 N–H and O–H groups in total. The van der Waals surface area contributed by atoms with Crippen LogP contribution in [-0.2, 0) is 0 Å². The van der Waals surface area contributed by atoms with E-state index < -0.39 is 0 Å². The fourth-order valence-corrected chi connectivity index (χ4v) is 4.30. The summed E-state index contributed by atoms with van der Waals surface area (Å²) < 4.78 is 2.05. The van der Waals surface area contributed by atoms with Gasteiger partial charge in [0.15, 0.2) is 8.68 Å². The van der Waals surface area contributed by atoms with E-state index in [1.807, 2.05) is 6.26 Å². The average Bonchev–Trinajstić information content (AvgIpc) is 2.82. The lowest BCUT2D eigenvalue weighted by Crippen LogP contribution is -2.49. The number of aliphatic hydroxyl groups excluding tert-OH is 1. The van der Waals surface area contributed by atoms with Crippen LogP contribution < -0.4 is 5.32 Å². The second-order valence-corrected chi connectivity index (χ2v) is 8.38. The predicted octanol–water partition coefficient (Wildman–Crippen LogP) is 2.88. The highest BCUT2D eigenvalue weighted by atomic mass is 32.2. The van der Waals surface area contributed by atoms with Gasteiger partial charge in [-0.2, -0.15) is 0 Å². The molecule has 1 aromatic rings. The zero-order valence-corrected chi connectivity index (χ0v) is 14.4. The van der Waals surface area contributed by atoms with Crippen molar-refractivity contribution in [2.45, 2.75) is 53.9 Å². The smallest absolute Gasteiger partial charge is 0.175 e. The van der Waals surface area contributed by atoms with Crippen LogP contribution in [0.5, 0.6) is 0 Å². The Morgan fingerprint density at radius 1 is 1.37 bits per heavy atom. The first-order valence-corrected chi connectivity index (χ1v) is 9.40. The van der Waals surface area contributed by atoms with E-state index in [0.717, 1.165) is 27.3 Å². The maximum atomic E-state index is 9.49. The van der Waals surface area contributed by atoms with Crippen LogP contribution in [0.3, 0.4) is 0 Å². The van der Waals surface area contributed by atoms with Crippen LogP contribution in [0.1, 0.15) is 33.6 Å². The number of nitrogens with one attached hydrogen (secondary N) is 1. The van der Waals surface area contributed by atoms with E-state index in [1.165, 1.54) is 0 Å². The summed E-state index contributed by atoms with van der Waals surface area (Å²) in [6, 6.07) is 0.386. The minimum atomic E-state index is -0.180. The summed E-state index contributed by atoms with van der Waals surface area (Å²) in [6.45, 7) is 6.46. The third kappa shape index (κ3) is 6.44. The van der Waals surface area contributed by atoms with Crippen molar-refractivity contribution in [1.29, 1.82) is 0 Å². The Kier molecular flexibility index (Phi) is 7.68. The van der Waals surface area contributed by atoms with Crippen LogP contribution in [0.2, 0.25) is 0 Å². The van der Waals surface area contributed by atoms with Crippen LogP contribution in [0.4, 0.5) is 0 Å². The maximum Gasteiger partial charge on any atom is 0.175 e. The molecule has 0 saturated carbocycles. The van der Waals surface area contributed by atoms with Gasteiger partial charge in [-0.05, 0) is 26.0 Å². The molecule has 0 aliphatic heterocycles. The standard InChI is InChI=1S/C12H23N3OS3/c1-9(2)13-12(3,8-16)6-5-7-18-11-15-14-10(17-4)19-11/h9,13,16H,5-8H2,1-4H3. The van der Waals surface area contributed by atoms with E-state index in [9.17, 15) is 5.11 Å². The summed E-state index contributed by atoms with van der Waals surface area (Å²) in [4.78, 5) is 0. The maximum absolute atomic E-state index is 9.49. The fraction of sp³-hybridized carbons (Fsp3) is 0.833. The van der Waals surface area contributed by atoms with Crippen molar-refractivity contribution in [3.8, 4) is 0 Å². The fourth-order valence-electron chi connectivity index (χ4n) is 1.85. The van der Waals surface area contributed by atoms with Gasteiger partial charge in [-0.15, -0.1) is 10.2 Å². The van der Waals surface area contributed by atoms with E-state index >= 15 is 0 Å². The molecule has 1 heterocycles. The molecule has 0 aromatic carbocycles. The van der Waals surface area contributed by atoms with Crippen LogP contribution in [0.15, 0.2) is 8.68 Å². The highest BCUT2D eigenvalue weighted by molar-refractivity contribution is 8.02. The summed E-state index contributed by atoms with van der Waals surface area (Å²) in [7, 11) is 0. The monoisotopic (exact) mass is 321 g/mol. The Morgan fingerprint density at radius 3 is 2.58 bits per heavy atom. The molecule has 1 unspecified atom stereocenters. The summed E-state index contributed by atoms with van der Waals surface area (Å²) >= 11 is 5.03. The molecule has 7 heteroatoms. The first-order valence-electron chi connectivity index (χ1n) is 6.38. The van der Waals surface area contributed by atoms with Crippen molar-refractivity contribution in [2.75, 3.05) is 18.6 Å². The van der Waals surface area contributed by atoms with Crippen LogP contribution in [0.25, 0.3) is 0 Å². The van der Waals surface area contributed by atoms with E-state index in [-0.39, 0.29) is 12.1 Å². The van der Waals surface area contributed by atoms with Gasteiger partial charge in [-0.3, -0.25) is 0 Å². The summed E-state index contributed by atoms with van der Waals surface area (Å²) in [5, 5.41) is 21.1. The van der Waals surface area contributed by atoms with Crippen molar-refractivity contribution in [3.63, 3.8) is 0 Å². The molecule has 1 aromatic heterocycles. The minimum absolute atomic E-state index is 0.172. The largest absolute Gasteiger partial charge is 0.394 e. The van der Waals surface area contributed by atoms with Gasteiger partial charge in [0.1, 0.15) is 0 Å². The lowest BCUT2D eigenvalue weighted by Gasteiger charge is -2.31. The molecule has 0 fully saturated rings. The third-order valence-corrected chi connectivity index (χ3v) is 5.77. The molecule has 0 aliphatic rings. The first kappa shape index (κ1) is 17.2. The Bertz CT molecular complexity index is 373. The van der Waals surface area contributed by atoms with Gasteiger partial charge in [-0.25, -0.2) is 0 Å². The number of hydrogen-bond acceptors (Lipinski definition) is 7. The van der Waals surface area contributed by atoms with Crippen molar-refractivity contribution in [3.05, 3.63) is 0 Å². The quantitative estimate of drug-likeness (QED) is 0.539. The van der Waals surface area contributed by atoms with Crippen LogP contribution >= 0.6 is 34.9 Å². The summed E-state index contributed by atoms with van der Waals surface area (Å²) in [5.41, 5.74) is -0.180. The molecule has 1 rings (SSSR count). The van der Waals surface area contributed by atoms with Gasteiger partial charge < -0.3 is 10.4 Å². The predicted molar refractivity (Wildman–Crippen MR) is 85.4 cm³/mol. The molecule has 19 heavy (non-hydrogen) atoms. The molecular weight excluding hydrogens is 298 g/mol. The number of aromatic nitrogens is 2. The SMILES string of the molecule is CSc1nnc(SCCCC(C)(CO)NC(C)C)s1. The highest BCUT2D eigenvalue weighted by Crippen LogP contribution is 2.28. The van der Waals surface area contributed by atoms with E-state index in [1.54, 1.807) is 34.9 Å². The van der Waals surface area contributed by atoms with Crippen molar-refractivity contribution in [2.24, 2.45) is 0 Å². The van der Waals surface area contributed by atoms with Crippen LogP contribution in [0, 0.1) is 0 Å². The van der Waals surface area contributed by atoms with Crippen molar-refractivity contribution < 1.29 is 5.11 Å². The molecule has 0 radical (unpaired) electrons. The number of rotatable bonds is 9. The van der Waals surface area contributed by atoms with Gasteiger partial charge in [0, 0.05) is 17.3 Å². The molecule has 0 bridgehead atoms. The van der Waals surface area contributed by atoms with E-state index in [0.29, 0.717) is 6.04 Å². The number of aliphatic hydroxyl groups is 1. The highest BCUT2D eigenvalue weighted by Gasteiger charge is 2.23. The normalized spacial score (nSPS) is 14.8. The number of hydrogen-bond donors (Lipinski definition) is 2. The van der Waals surface area contributed by atoms with Crippen LogP contribution in [-0.4, -0.2) is 45.5 Å². The Balaban J connectivity index is 2.28. The summed E-state index contributed by atoms with van der Waals surface area (Å²) in [6.07, 6.45) is 4.03. The molecule has 110 valence electrons. The second-order valence-electron chi connectivity index (χ2n) is 5.01. The van der Waals surface area contributed by atoms with Gasteiger partial charge in [0.2, 0.25) is 0 Å². The number of thioether (sulfide) groups is 2. The molecule has 4 nitrogen and oxygen atoms in total. The summed E-state index contributed by atoms with van der Waals surface area (Å²) in [5.74, 6) is 1.01. The number of nitrogens with zero attached hydrogens (tertiary/aromatic N) is 2. The topological polar surface area (TPSA) is 58.0 Å². The molecule has 0 spiro atoms. The second kappa shape index (κ2) is 8.46. The van der Waals surface area contributed by atoms with Gasteiger partial charge in [-0.1, -0.05) is 48.7 Å². The van der Waals surface area contributed by atoms with Crippen molar-refractivity contribution >= 4 is 34.9 Å². The zero-order valence-electron chi connectivity index (χ0n) is 12.0. The molecule has 0 saturated heterocycles.